The number of aliphatic hydroxyl groups is 2. The Morgan fingerprint density at radius 2 is 1.66 bits per heavy atom. The molecule has 0 heterocycles. The normalized spacial score (nSPS) is 48.0. The molecule has 32 heavy (non-hydrogen) atoms. The van der Waals surface area contributed by atoms with Crippen molar-refractivity contribution in [3.05, 3.63) is 46.3 Å². The molecule has 0 spiro atoms. The summed E-state index contributed by atoms with van der Waals surface area (Å²) < 4.78 is 0. The van der Waals surface area contributed by atoms with E-state index in [1.54, 1.807) is 6.08 Å². The van der Waals surface area contributed by atoms with Gasteiger partial charge in [-0.3, -0.25) is 4.79 Å². The van der Waals surface area contributed by atoms with Gasteiger partial charge in [0, 0.05) is 17.6 Å². The molecule has 0 amide bonds. The lowest BCUT2D eigenvalue weighted by molar-refractivity contribution is -0.165. The second-order valence-electron chi connectivity index (χ2n) is 13.0. The zero-order valence-electron chi connectivity index (χ0n) is 20.8. The minimum Gasteiger partial charge on any atom is -0.504 e. The minimum absolute atomic E-state index is 0.0257. The third-order valence-corrected chi connectivity index (χ3v) is 11.3. The van der Waals surface area contributed by atoms with Crippen LogP contribution in [-0.4, -0.2) is 22.6 Å². The van der Waals surface area contributed by atoms with Gasteiger partial charge in [0.1, 0.15) is 0 Å². The first-order valence-corrected chi connectivity index (χ1v) is 12.5. The van der Waals surface area contributed by atoms with Gasteiger partial charge in [-0.15, -0.1) is 0 Å². The molecule has 0 aromatic carbocycles. The molecule has 0 bridgehead atoms. The molecule has 0 aromatic heterocycles. The van der Waals surface area contributed by atoms with Gasteiger partial charge in [-0.25, -0.2) is 0 Å². The molecule has 0 aromatic rings. The van der Waals surface area contributed by atoms with Crippen molar-refractivity contribution >= 4 is 5.78 Å². The highest BCUT2D eigenvalue weighted by Gasteiger charge is 2.66. The Hall–Kier alpha value is -1.61. The average Bonchev–Trinajstić information content (AvgIpc) is 2.76. The number of carbonyl (C=O) groups is 1. The number of fused-ring (bicyclic) bond motifs is 7. The van der Waals surface area contributed by atoms with E-state index in [1.165, 1.54) is 24.8 Å². The summed E-state index contributed by atoms with van der Waals surface area (Å²) in [6.07, 6.45) is 14.2. The van der Waals surface area contributed by atoms with Crippen molar-refractivity contribution < 1.29 is 15.0 Å². The Kier molecular flexibility index (Phi) is 4.51. The van der Waals surface area contributed by atoms with Crippen molar-refractivity contribution in [1.29, 1.82) is 0 Å². The zero-order valence-corrected chi connectivity index (χ0v) is 20.8. The molecule has 5 aliphatic rings. The molecule has 0 aliphatic heterocycles. The van der Waals surface area contributed by atoms with Gasteiger partial charge in [0.2, 0.25) is 5.78 Å². The van der Waals surface area contributed by atoms with Crippen LogP contribution in [0.3, 0.4) is 0 Å². The highest BCUT2D eigenvalue weighted by Crippen LogP contribution is 2.75. The molecular formula is C29H40O3. The number of aliphatic hydroxyl groups excluding tert-OH is 2. The fourth-order valence-corrected chi connectivity index (χ4v) is 8.67. The van der Waals surface area contributed by atoms with Crippen LogP contribution in [0.1, 0.15) is 86.5 Å². The summed E-state index contributed by atoms with van der Waals surface area (Å²) in [7, 11) is 0. The fourth-order valence-electron chi connectivity index (χ4n) is 8.67. The van der Waals surface area contributed by atoms with Crippen LogP contribution in [0.25, 0.3) is 0 Å². The second-order valence-corrected chi connectivity index (χ2v) is 13.0. The summed E-state index contributed by atoms with van der Waals surface area (Å²) in [6.45, 7) is 14.3. The van der Waals surface area contributed by atoms with Crippen molar-refractivity contribution in [2.45, 2.75) is 86.5 Å². The van der Waals surface area contributed by atoms with Gasteiger partial charge < -0.3 is 10.2 Å². The molecule has 3 fully saturated rings. The SMILES string of the molecule is CC1=C(O)C(=O)C=C2C1=CC=C1C2(C)CCC2(C)C3CC(C)(CO)CCC3(C)CCC12C. The van der Waals surface area contributed by atoms with Crippen molar-refractivity contribution in [3.63, 3.8) is 0 Å². The summed E-state index contributed by atoms with van der Waals surface area (Å²) in [5, 5.41) is 20.5. The van der Waals surface area contributed by atoms with Crippen molar-refractivity contribution in [2.24, 2.45) is 33.0 Å². The van der Waals surface area contributed by atoms with E-state index in [1.807, 2.05) is 6.92 Å². The molecule has 2 N–H and O–H groups in total. The summed E-state index contributed by atoms with van der Waals surface area (Å²) in [5.41, 5.74) is 4.76. The molecule has 6 atom stereocenters. The summed E-state index contributed by atoms with van der Waals surface area (Å²) in [6, 6.07) is 0. The van der Waals surface area contributed by atoms with Gasteiger partial charge >= 0.3 is 0 Å². The summed E-state index contributed by atoms with van der Waals surface area (Å²) in [4.78, 5) is 12.6. The molecule has 5 rings (SSSR count). The third kappa shape index (κ3) is 2.55. The second kappa shape index (κ2) is 6.50. The molecule has 3 heteroatoms. The van der Waals surface area contributed by atoms with Crippen LogP contribution in [-0.2, 0) is 4.79 Å². The van der Waals surface area contributed by atoms with Crippen molar-refractivity contribution in [3.8, 4) is 0 Å². The summed E-state index contributed by atoms with van der Waals surface area (Å²) >= 11 is 0. The van der Waals surface area contributed by atoms with Gasteiger partial charge in [-0.1, -0.05) is 52.3 Å². The topological polar surface area (TPSA) is 57.5 Å². The van der Waals surface area contributed by atoms with Crippen molar-refractivity contribution in [1.82, 2.24) is 0 Å². The fraction of sp³-hybridized carbons (Fsp3) is 0.690. The number of rotatable bonds is 1. The molecule has 3 saturated carbocycles. The Bertz CT molecular complexity index is 1030. The zero-order chi connectivity index (χ0) is 23.3. The maximum atomic E-state index is 12.6. The predicted molar refractivity (Wildman–Crippen MR) is 128 cm³/mol. The molecule has 6 unspecified atom stereocenters. The lowest BCUT2D eigenvalue weighted by Gasteiger charge is -2.70. The van der Waals surface area contributed by atoms with E-state index in [-0.39, 0.29) is 39.8 Å². The van der Waals surface area contributed by atoms with Crippen LogP contribution in [0.5, 0.6) is 0 Å². The van der Waals surface area contributed by atoms with E-state index in [0.717, 1.165) is 36.8 Å². The lowest BCUT2D eigenvalue weighted by Crippen LogP contribution is -2.61. The van der Waals surface area contributed by atoms with E-state index in [9.17, 15) is 15.0 Å². The van der Waals surface area contributed by atoms with Crippen LogP contribution in [0.15, 0.2) is 46.3 Å². The molecule has 5 aliphatic carbocycles. The Labute approximate surface area is 193 Å². The van der Waals surface area contributed by atoms with E-state index in [4.69, 9.17) is 0 Å². The number of hydrogen-bond donors (Lipinski definition) is 2. The maximum absolute atomic E-state index is 12.6. The van der Waals surface area contributed by atoms with Gasteiger partial charge in [0.05, 0.1) is 0 Å². The van der Waals surface area contributed by atoms with E-state index in [2.05, 4.69) is 46.8 Å². The lowest BCUT2D eigenvalue weighted by atomic mass is 9.34. The van der Waals surface area contributed by atoms with Crippen LogP contribution in [0.4, 0.5) is 0 Å². The first-order chi connectivity index (χ1) is 14.8. The minimum atomic E-state index is -0.252. The smallest absolute Gasteiger partial charge is 0.220 e. The first-order valence-electron chi connectivity index (χ1n) is 12.5. The molecule has 3 nitrogen and oxygen atoms in total. The third-order valence-electron chi connectivity index (χ3n) is 11.3. The monoisotopic (exact) mass is 436 g/mol. The Morgan fingerprint density at radius 1 is 0.969 bits per heavy atom. The van der Waals surface area contributed by atoms with Gasteiger partial charge in [0.15, 0.2) is 5.76 Å². The van der Waals surface area contributed by atoms with Gasteiger partial charge in [-0.2, -0.15) is 0 Å². The standard InChI is InChI=1S/C29H40O3/c1-18-19-7-8-22-27(4,20(19)15-21(31)24(18)32)12-14-29(6)23-16-25(2,17-30)9-10-26(23,3)11-13-28(22,29)5/h7-8,15,23,30,32H,9-14,16-17H2,1-6H3. The average molecular weight is 437 g/mol. The molecule has 0 radical (unpaired) electrons. The van der Waals surface area contributed by atoms with Crippen LogP contribution < -0.4 is 0 Å². The predicted octanol–water partition coefficient (Wildman–Crippen LogP) is 6.61. The number of carbonyl (C=O) groups excluding carboxylic acids is 1. The van der Waals surface area contributed by atoms with E-state index in [0.29, 0.717) is 16.9 Å². The number of allylic oxidation sites excluding steroid dienone is 7. The van der Waals surface area contributed by atoms with Crippen LogP contribution >= 0.6 is 0 Å². The van der Waals surface area contributed by atoms with E-state index < -0.39 is 0 Å². The molecule has 0 saturated heterocycles. The van der Waals surface area contributed by atoms with Crippen LogP contribution in [0, 0.1) is 33.0 Å². The molecular weight excluding hydrogens is 396 g/mol. The van der Waals surface area contributed by atoms with Crippen molar-refractivity contribution in [2.75, 3.05) is 6.61 Å². The number of hydrogen-bond acceptors (Lipinski definition) is 3. The number of ketones is 1. The molecule has 174 valence electrons. The quantitative estimate of drug-likeness (QED) is 0.486. The first kappa shape index (κ1) is 22.2. The van der Waals surface area contributed by atoms with Gasteiger partial charge in [0.25, 0.3) is 0 Å². The Balaban J connectivity index is 1.64. The Morgan fingerprint density at radius 3 is 2.34 bits per heavy atom. The highest BCUT2D eigenvalue weighted by atomic mass is 16.3. The van der Waals surface area contributed by atoms with E-state index >= 15 is 0 Å². The highest BCUT2D eigenvalue weighted by molar-refractivity contribution is 6.06. The van der Waals surface area contributed by atoms with Crippen LogP contribution in [0.2, 0.25) is 0 Å². The largest absolute Gasteiger partial charge is 0.504 e. The summed E-state index contributed by atoms with van der Waals surface area (Å²) in [5.74, 6) is 0.229. The maximum Gasteiger partial charge on any atom is 0.220 e. The van der Waals surface area contributed by atoms with Gasteiger partial charge in [-0.05, 0) is 96.7 Å².